The normalized spacial score (nSPS) is 22.1. The van der Waals surface area contributed by atoms with E-state index in [4.69, 9.17) is 4.42 Å². The van der Waals surface area contributed by atoms with E-state index in [9.17, 15) is 4.79 Å². The summed E-state index contributed by atoms with van der Waals surface area (Å²) < 4.78 is 6.31. The molecule has 2 aliphatic heterocycles. The van der Waals surface area contributed by atoms with E-state index in [-0.39, 0.29) is 5.91 Å². The van der Waals surface area contributed by atoms with Gasteiger partial charge in [0, 0.05) is 30.3 Å². The number of likely N-dealkylation sites (N-methyl/N-ethyl adjacent to an activating group) is 1. The van der Waals surface area contributed by atoms with Gasteiger partial charge in [0.05, 0.1) is 6.42 Å². The van der Waals surface area contributed by atoms with Gasteiger partial charge in [-0.3, -0.25) is 9.69 Å². The molecular formula is C27H32N2O2. The Morgan fingerprint density at radius 2 is 1.71 bits per heavy atom. The van der Waals surface area contributed by atoms with E-state index in [2.05, 4.69) is 23.1 Å². The van der Waals surface area contributed by atoms with Crippen molar-refractivity contribution in [2.24, 2.45) is 0 Å². The van der Waals surface area contributed by atoms with Gasteiger partial charge in [0.15, 0.2) is 0 Å². The van der Waals surface area contributed by atoms with Gasteiger partial charge in [-0.15, -0.1) is 0 Å². The standard InChI is InChI=1S/C27H32N2O2/c1-28(23-14-5-6-15-24(23)29-16-7-8-17-29)27(30)19-26-22-13-9-12-21(22)18-25(31-26)20-10-3-2-4-11-20/h2-4,9-13,18,23-24H,5-8,14-17,19H2,1H3/t23-,24-/m1/s1. The Kier molecular flexibility index (Phi) is 5.82. The van der Waals surface area contributed by atoms with E-state index in [0.717, 1.165) is 34.6 Å². The second-order valence-electron chi connectivity index (χ2n) is 9.14. The molecule has 4 aliphatic rings. The van der Waals surface area contributed by atoms with E-state index >= 15 is 0 Å². The van der Waals surface area contributed by atoms with Gasteiger partial charge in [0.25, 0.3) is 0 Å². The first-order chi connectivity index (χ1) is 15.2. The van der Waals surface area contributed by atoms with E-state index in [1.165, 1.54) is 45.2 Å². The topological polar surface area (TPSA) is 36.7 Å². The first-order valence-corrected chi connectivity index (χ1v) is 11.8. The summed E-state index contributed by atoms with van der Waals surface area (Å²) >= 11 is 0. The molecule has 1 saturated carbocycles. The fraction of sp³-hybridized carbons (Fsp3) is 0.444. The monoisotopic (exact) mass is 416 g/mol. The summed E-state index contributed by atoms with van der Waals surface area (Å²) in [6.07, 6.45) is 7.71. The Hall–Kier alpha value is -2.59. The van der Waals surface area contributed by atoms with Crippen molar-refractivity contribution in [3.8, 4) is 22.5 Å². The Morgan fingerprint density at radius 3 is 2.52 bits per heavy atom. The van der Waals surface area contributed by atoms with Crippen molar-refractivity contribution in [3.05, 3.63) is 60.4 Å². The maximum absolute atomic E-state index is 13.4. The third-order valence-electron chi connectivity index (χ3n) is 7.23. The first-order valence-electron chi connectivity index (χ1n) is 11.8. The summed E-state index contributed by atoms with van der Waals surface area (Å²) in [5.74, 6) is 1.75. The fourth-order valence-electron chi connectivity index (χ4n) is 5.54. The molecule has 2 fully saturated rings. The van der Waals surface area contributed by atoms with Crippen LogP contribution in [0.1, 0.15) is 44.3 Å². The van der Waals surface area contributed by atoms with Crippen molar-refractivity contribution >= 4 is 5.91 Å². The molecule has 0 aromatic heterocycles. The maximum Gasteiger partial charge on any atom is 0.230 e. The van der Waals surface area contributed by atoms with Crippen LogP contribution in [0.4, 0.5) is 0 Å². The number of likely N-dealkylation sites (tertiary alicyclic amines) is 1. The van der Waals surface area contributed by atoms with Crippen LogP contribution in [0.3, 0.4) is 0 Å². The quantitative estimate of drug-likeness (QED) is 0.554. The second kappa shape index (κ2) is 8.88. The van der Waals surface area contributed by atoms with Gasteiger partial charge in [-0.05, 0) is 50.4 Å². The van der Waals surface area contributed by atoms with Gasteiger partial charge in [-0.2, -0.15) is 0 Å². The summed E-state index contributed by atoms with van der Waals surface area (Å²) in [7, 11) is 2.00. The molecule has 2 heterocycles. The largest absolute Gasteiger partial charge is 0.460 e. The van der Waals surface area contributed by atoms with Crippen molar-refractivity contribution in [2.75, 3.05) is 20.1 Å². The average Bonchev–Trinajstić information content (AvgIpc) is 3.51. The lowest BCUT2D eigenvalue weighted by Gasteiger charge is -2.42. The molecule has 162 valence electrons. The van der Waals surface area contributed by atoms with Crippen molar-refractivity contribution in [3.63, 3.8) is 0 Å². The predicted octanol–water partition coefficient (Wildman–Crippen LogP) is 5.46. The molecule has 0 bridgehead atoms. The minimum Gasteiger partial charge on any atom is -0.460 e. The lowest BCUT2D eigenvalue weighted by molar-refractivity contribution is -0.133. The fourth-order valence-corrected chi connectivity index (χ4v) is 5.54. The molecule has 5 rings (SSSR count). The number of amides is 1. The van der Waals surface area contributed by atoms with Crippen LogP contribution in [0, 0.1) is 0 Å². The lowest BCUT2D eigenvalue weighted by atomic mass is 9.88. The van der Waals surface area contributed by atoms with Crippen LogP contribution in [0.2, 0.25) is 0 Å². The van der Waals surface area contributed by atoms with Crippen LogP contribution in [0.15, 0.2) is 59.0 Å². The molecular weight excluding hydrogens is 384 g/mol. The third kappa shape index (κ3) is 4.14. The number of rotatable bonds is 5. The van der Waals surface area contributed by atoms with Crippen molar-refractivity contribution in [1.29, 1.82) is 0 Å². The second-order valence-corrected chi connectivity index (χ2v) is 9.14. The molecule has 1 aromatic rings. The molecule has 0 unspecified atom stereocenters. The van der Waals surface area contributed by atoms with Crippen LogP contribution in [0.5, 0.6) is 0 Å². The molecule has 0 spiro atoms. The maximum atomic E-state index is 13.4. The highest BCUT2D eigenvalue weighted by Gasteiger charge is 2.35. The zero-order chi connectivity index (χ0) is 21.2. The minimum absolute atomic E-state index is 0.160. The Bertz CT molecular complexity index is 990. The highest BCUT2D eigenvalue weighted by atomic mass is 16.3. The zero-order valence-electron chi connectivity index (χ0n) is 18.4. The number of carbonyl (C=O) groups is 1. The van der Waals surface area contributed by atoms with Crippen LogP contribution < -0.4 is 0 Å². The van der Waals surface area contributed by atoms with Crippen molar-refractivity contribution in [2.45, 2.75) is 57.0 Å². The SMILES string of the molecule is CN(C(=O)Cc1oc(-c2ccccc2)cc2cccc1-2)[C@@H]1CCCC[C@H]1N1CCCC1. The van der Waals surface area contributed by atoms with Crippen LogP contribution in [-0.2, 0) is 11.2 Å². The van der Waals surface area contributed by atoms with Gasteiger partial charge in [-0.1, -0.05) is 61.4 Å². The number of nitrogens with zero attached hydrogens (tertiary/aromatic N) is 2. The van der Waals surface area contributed by atoms with Crippen LogP contribution in [0.25, 0.3) is 22.5 Å². The molecule has 31 heavy (non-hydrogen) atoms. The summed E-state index contributed by atoms with van der Waals surface area (Å²) in [5, 5.41) is 0. The highest BCUT2D eigenvalue weighted by molar-refractivity contribution is 5.82. The third-order valence-corrected chi connectivity index (χ3v) is 7.23. The summed E-state index contributed by atoms with van der Waals surface area (Å²) in [5.41, 5.74) is 3.21. The molecule has 2 atom stereocenters. The molecule has 4 heteroatoms. The number of benzene rings is 1. The van der Waals surface area contributed by atoms with E-state index in [1.54, 1.807) is 0 Å². The molecule has 0 radical (unpaired) electrons. The summed E-state index contributed by atoms with van der Waals surface area (Å²) in [4.78, 5) is 18.1. The summed E-state index contributed by atoms with van der Waals surface area (Å²) in [6.45, 7) is 2.37. The van der Waals surface area contributed by atoms with Gasteiger partial charge >= 0.3 is 0 Å². The predicted molar refractivity (Wildman–Crippen MR) is 124 cm³/mol. The summed E-state index contributed by atoms with van der Waals surface area (Å²) in [6, 6.07) is 19.2. The Labute approximate surface area is 185 Å². The van der Waals surface area contributed by atoms with E-state index in [1.807, 2.05) is 48.3 Å². The Balaban J connectivity index is 1.39. The van der Waals surface area contributed by atoms with E-state index in [0.29, 0.717) is 18.5 Å². The lowest BCUT2D eigenvalue weighted by Crippen LogP contribution is -2.53. The van der Waals surface area contributed by atoms with E-state index < -0.39 is 0 Å². The zero-order valence-corrected chi connectivity index (χ0v) is 18.4. The Morgan fingerprint density at radius 1 is 0.968 bits per heavy atom. The van der Waals surface area contributed by atoms with Gasteiger partial charge in [0.2, 0.25) is 5.91 Å². The molecule has 2 aliphatic carbocycles. The number of hydrogen-bond donors (Lipinski definition) is 0. The van der Waals surface area contributed by atoms with Crippen molar-refractivity contribution < 1.29 is 9.21 Å². The highest BCUT2D eigenvalue weighted by Crippen LogP contribution is 2.34. The average molecular weight is 417 g/mol. The minimum atomic E-state index is 0.160. The molecule has 0 N–H and O–H groups in total. The number of hydrogen-bond acceptors (Lipinski definition) is 3. The molecule has 1 aromatic carbocycles. The van der Waals surface area contributed by atoms with Gasteiger partial charge < -0.3 is 9.32 Å². The molecule has 4 nitrogen and oxygen atoms in total. The molecule has 1 amide bonds. The number of fused-ring (bicyclic) bond motifs is 1. The first kappa shape index (κ1) is 20.3. The van der Waals surface area contributed by atoms with Crippen LogP contribution in [-0.4, -0.2) is 47.9 Å². The van der Waals surface area contributed by atoms with Crippen molar-refractivity contribution in [1.82, 2.24) is 9.80 Å². The smallest absolute Gasteiger partial charge is 0.230 e. The van der Waals surface area contributed by atoms with Gasteiger partial charge in [-0.25, -0.2) is 0 Å². The van der Waals surface area contributed by atoms with Crippen LogP contribution >= 0.6 is 0 Å². The molecule has 1 saturated heterocycles. The number of carbonyl (C=O) groups excluding carboxylic acids is 1. The van der Waals surface area contributed by atoms with Gasteiger partial charge in [0.1, 0.15) is 11.5 Å².